The van der Waals surface area contributed by atoms with E-state index in [-0.39, 0.29) is 11.4 Å². The molecule has 3 aromatic carbocycles. The Hall–Kier alpha value is -3.85. The van der Waals surface area contributed by atoms with Crippen LogP contribution in [-0.4, -0.2) is 31.2 Å². The summed E-state index contributed by atoms with van der Waals surface area (Å²) in [4.78, 5) is 17.1. The fourth-order valence-electron chi connectivity index (χ4n) is 3.46. The molecule has 9 heteroatoms. The highest BCUT2D eigenvalue weighted by molar-refractivity contribution is 8.00. The minimum Gasteiger partial charge on any atom is -0.323 e. The predicted molar refractivity (Wildman–Crippen MR) is 124 cm³/mol. The lowest BCUT2D eigenvalue weighted by molar-refractivity contribution is -0.113. The van der Waals surface area contributed by atoms with E-state index in [2.05, 4.69) is 20.5 Å². The second kappa shape index (κ2) is 8.59. The van der Waals surface area contributed by atoms with Crippen molar-refractivity contribution in [1.29, 1.82) is 0 Å². The van der Waals surface area contributed by atoms with Gasteiger partial charge in [0.2, 0.25) is 5.91 Å². The Morgan fingerprint density at radius 3 is 2.61 bits per heavy atom. The Labute approximate surface area is 191 Å². The molecule has 0 bridgehead atoms. The molecule has 0 atom stereocenters. The topological polar surface area (TPSA) is 72.2 Å². The lowest BCUT2D eigenvalue weighted by Crippen LogP contribution is -2.15. The van der Waals surface area contributed by atoms with Gasteiger partial charge in [0, 0.05) is 11.6 Å². The molecule has 5 aromatic rings. The molecule has 0 aliphatic heterocycles. The molecule has 2 aromatic heterocycles. The van der Waals surface area contributed by atoms with E-state index in [1.54, 1.807) is 0 Å². The van der Waals surface area contributed by atoms with E-state index in [1.165, 1.54) is 17.8 Å². The fraction of sp³-hybridized carbons (Fsp3) is 0.0833. The van der Waals surface area contributed by atoms with Gasteiger partial charge in [0.1, 0.15) is 16.7 Å². The van der Waals surface area contributed by atoms with E-state index in [0.29, 0.717) is 16.5 Å². The number of aryl methyl sites for hydroxylation is 1. The van der Waals surface area contributed by atoms with Crippen LogP contribution >= 0.6 is 11.8 Å². The lowest BCUT2D eigenvalue weighted by atomic mass is 10.1. The molecule has 6 nitrogen and oxygen atoms in total. The van der Waals surface area contributed by atoms with Crippen molar-refractivity contribution in [2.45, 2.75) is 11.9 Å². The number of para-hydroxylation sites is 2. The van der Waals surface area contributed by atoms with Crippen molar-refractivity contribution < 1.29 is 13.6 Å². The maximum Gasteiger partial charge on any atom is 0.234 e. The van der Waals surface area contributed by atoms with E-state index in [4.69, 9.17) is 0 Å². The predicted octanol–water partition coefficient (Wildman–Crippen LogP) is 5.26. The van der Waals surface area contributed by atoms with Crippen molar-refractivity contribution in [1.82, 2.24) is 19.6 Å². The number of nitrogens with zero attached hydrogens (tertiary/aromatic N) is 4. The average Bonchev–Trinajstić information content (AvgIpc) is 3.25. The van der Waals surface area contributed by atoms with Gasteiger partial charge in [-0.25, -0.2) is 13.8 Å². The fourth-order valence-corrected chi connectivity index (χ4v) is 4.22. The van der Waals surface area contributed by atoms with E-state index in [0.717, 1.165) is 34.3 Å². The Bertz CT molecular complexity index is 1500. The number of carbonyl (C=O) groups excluding carboxylic acids is 1. The Kier molecular flexibility index (Phi) is 5.47. The van der Waals surface area contributed by atoms with Crippen LogP contribution < -0.4 is 5.32 Å². The van der Waals surface area contributed by atoms with Gasteiger partial charge in [-0.15, -0.1) is 10.2 Å². The van der Waals surface area contributed by atoms with E-state index in [9.17, 15) is 13.6 Å². The molecule has 2 heterocycles. The first kappa shape index (κ1) is 21.0. The lowest BCUT2D eigenvalue weighted by Gasteiger charge is -2.09. The van der Waals surface area contributed by atoms with Gasteiger partial charge in [0.15, 0.2) is 11.5 Å². The van der Waals surface area contributed by atoms with Gasteiger partial charge in [-0.3, -0.25) is 9.20 Å². The molecule has 0 radical (unpaired) electrons. The highest BCUT2D eigenvalue weighted by atomic mass is 32.2. The number of carbonyl (C=O) groups is 1. The number of anilines is 1. The standard InChI is InChI=1S/C24H17F2N5OS/c1-14-6-8-15(9-7-14)22-29-30-23-24(28-19-4-2-3-5-20(19)31(22)23)33-13-21(32)27-18-11-10-16(25)12-17(18)26/h2-12H,13H2,1H3,(H,27,32). The minimum absolute atomic E-state index is 0.0372. The van der Waals surface area contributed by atoms with E-state index in [1.807, 2.05) is 59.9 Å². The average molecular weight is 461 g/mol. The third-order valence-electron chi connectivity index (χ3n) is 5.05. The number of rotatable bonds is 5. The van der Waals surface area contributed by atoms with Gasteiger partial charge in [0.25, 0.3) is 0 Å². The third-order valence-corrected chi connectivity index (χ3v) is 6.01. The molecule has 0 aliphatic carbocycles. The number of halogens is 2. The molecule has 1 amide bonds. The van der Waals surface area contributed by atoms with Crippen LogP contribution in [0, 0.1) is 18.6 Å². The number of fused-ring (bicyclic) bond motifs is 3. The molecule has 164 valence electrons. The van der Waals surface area contributed by atoms with Crippen LogP contribution in [0.3, 0.4) is 0 Å². The maximum atomic E-state index is 13.9. The Morgan fingerprint density at radius 2 is 1.82 bits per heavy atom. The number of thioether (sulfide) groups is 1. The molecular weight excluding hydrogens is 444 g/mol. The first-order valence-electron chi connectivity index (χ1n) is 10.1. The van der Waals surface area contributed by atoms with Crippen molar-refractivity contribution in [3.05, 3.63) is 83.9 Å². The van der Waals surface area contributed by atoms with Gasteiger partial charge in [-0.2, -0.15) is 0 Å². The highest BCUT2D eigenvalue weighted by Gasteiger charge is 2.18. The molecule has 0 aliphatic rings. The van der Waals surface area contributed by atoms with E-state index < -0.39 is 17.5 Å². The summed E-state index contributed by atoms with van der Waals surface area (Å²) in [5.74, 6) is -1.36. The number of aromatic nitrogens is 4. The van der Waals surface area contributed by atoms with E-state index >= 15 is 0 Å². The van der Waals surface area contributed by atoms with Crippen LogP contribution in [0.25, 0.3) is 28.1 Å². The highest BCUT2D eigenvalue weighted by Crippen LogP contribution is 2.29. The molecular formula is C24H17F2N5OS. The number of benzene rings is 3. The summed E-state index contributed by atoms with van der Waals surface area (Å²) >= 11 is 1.17. The summed E-state index contributed by atoms with van der Waals surface area (Å²) in [6.45, 7) is 2.02. The molecule has 1 N–H and O–H groups in total. The van der Waals surface area contributed by atoms with Crippen LogP contribution in [0.15, 0.2) is 71.8 Å². The molecule has 0 unspecified atom stereocenters. The molecule has 0 spiro atoms. The van der Waals surface area contributed by atoms with Gasteiger partial charge >= 0.3 is 0 Å². The molecule has 33 heavy (non-hydrogen) atoms. The second-order valence-corrected chi connectivity index (χ2v) is 8.38. The number of hydrogen-bond donors (Lipinski definition) is 1. The normalized spacial score (nSPS) is 11.2. The van der Waals surface area contributed by atoms with Crippen LogP contribution in [-0.2, 0) is 4.79 Å². The molecule has 0 fully saturated rings. The summed E-state index contributed by atoms with van der Waals surface area (Å²) in [5.41, 5.74) is 4.06. The van der Waals surface area contributed by atoms with Crippen LogP contribution in [0.1, 0.15) is 5.56 Å². The van der Waals surface area contributed by atoms with Gasteiger partial charge in [-0.1, -0.05) is 53.7 Å². The minimum atomic E-state index is -0.834. The second-order valence-electron chi connectivity index (χ2n) is 7.42. The maximum absolute atomic E-state index is 13.9. The monoisotopic (exact) mass is 461 g/mol. The third kappa shape index (κ3) is 4.14. The Balaban J connectivity index is 1.49. The van der Waals surface area contributed by atoms with Crippen LogP contribution in [0.2, 0.25) is 0 Å². The zero-order valence-corrected chi connectivity index (χ0v) is 18.2. The van der Waals surface area contributed by atoms with Gasteiger partial charge in [-0.05, 0) is 31.2 Å². The summed E-state index contributed by atoms with van der Waals surface area (Å²) in [7, 11) is 0. The molecule has 5 rings (SSSR count). The summed E-state index contributed by atoms with van der Waals surface area (Å²) in [6, 6.07) is 18.6. The van der Waals surface area contributed by atoms with Crippen LogP contribution in [0.5, 0.6) is 0 Å². The number of nitrogens with one attached hydrogen (secondary N) is 1. The Morgan fingerprint density at radius 1 is 1.03 bits per heavy atom. The molecule has 0 saturated heterocycles. The van der Waals surface area contributed by atoms with Crippen molar-refractivity contribution in [3.8, 4) is 11.4 Å². The smallest absolute Gasteiger partial charge is 0.234 e. The zero-order chi connectivity index (χ0) is 22.9. The summed E-state index contributed by atoms with van der Waals surface area (Å²) in [5, 5.41) is 11.7. The van der Waals surface area contributed by atoms with Crippen LogP contribution in [0.4, 0.5) is 14.5 Å². The van der Waals surface area contributed by atoms with Gasteiger partial charge in [0.05, 0.1) is 22.5 Å². The summed E-state index contributed by atoms with van der Waals surface area (Å²) in [6.07, 6.45) is 0. The van der Waals surface area contributed by atoms with Crippen molar-refractivity contribution in [2.24, 2.45) is 0 Å². The SMILES string of the molecule is Cc1ccc(-c2nnc3c(SCC(=O)Nc4ccc(F)cc4F)nc4ccccc4n23)cc1. The first-order chi connectivity index (χ1) is 16.0. The number of amides is 1. The first-order valence-corrected chi connectivity index (χ1v) is 11.1. The zero-order valence-electron chi connectivity index (χ0n) is 17.4. The van der Waals surface area contributed by atoms with Crippen molar-refractivity contribution in [2.75, 3.05) is 11.1 Å². The summed E-state index contributed by atoms with van der Waals surface area (Å²) < 4.78 is 28.9. The number of hydrogen-bond acceptors (Lipinski definition) is 5. The largest absolute Gasteiger partial charge is 0.323 e. The van der Waals surface area contributed by atoms with Crippen molar-refractivity contribution in [3.63, 3.8) is 0 Å². The van der Waals surface area contributed by atoms with Crippen molar-refractivity contribution >= 4 is 40.0 Å². The van der Waals surface area contributed by atoms with Gasteiger partial charge < -0.3 is 5.32 Å². The molecule has 0 saturated carbocycles. The quantitative estimate of drug-likeness (QED) is 0.362.